The van der Waals surface area contributed by atoms with E-state index in [2.05, 4.69) is 43.2 Å². The highest BCUT2D eigenvalue weighted by molar-refractivity contribution is 7.10. The van der Waals surface area contributed by atoms with Crippen LogP contribution in [0.3, 0.4) is 0 Å². The molecule has 0 bridgehead atoms. The summed E-state index contributed by atoms with van der Waals surface area (Å²) >= 11 is 0. The molecule has 1 heterocycles. The van der Waals surface area contributed by atoms with E-state index in [9.17, 15) is 0 Å². The number of hydrogen-bond donors (Lipinski definition) is 0. The van der Waals surface area contributed by atoms with Gasteiger partial charge in [0, 0.05) is 5.56 Å². The maximum atomic E-state index is 6.22. The summed E-state index contributed by atoms with van der Waals surface area (Å²) in [7, 11) is 2.32. The van der Waals surface area contributed by atoms with Crippen LogP contribution in [-0.4, -0.2) is 5.60 Å². The first-order chi connectivity index (χ1) is 8.00. The lowest BCUT2D eigenvalue weighted by Crippen LogP contribution is -2.36. The molecule has 94 valence electrons. The van der Waals surface area contributed by atoms with Gasteiger partial charge in [0.2, 0.25) is 0 Å². The monoisotopic (exact) mass is 252 g/mol. The molecule has 0 saturated heterocycles. The SMILES string of the molecule is CC[C@]1(C)CCc2c(C)c(OP)cc(C)c2O1. The minimum Gasteiger partial charge on any atom is -0.487 e. The summed E-state index contributed by atoms with van der Waals surface area (Å²) in [6.07, 6.45) is 3.21. The topological polar surface area (TPSA) is 18.5 Å². The lowest BCUT2D eigenvalue weighted by molar-refractivity contribution is 0.0600. The van der Waals surface area contributed by atoms with E-state index < -0.39 is 0 Å². The highest BCUT2D eigenvalue weighted by Gasteiger charge is 2.32. The molecule has 0 fully saturated rings. The van der Waals surface area contributed by atoms with Crippen molar-refractivity contribution in [3.63, 3.8) is 0 Å². The van der Waals surface area contributed by atoms with Gasteiger partial charge in [-0.15, -0.1) is 0 Å². The van der Waals surface area contributed by atoms with Gasteiger partial charge < -0.3 is 9.26 Å². The average Bonchev–Trinajstić information content (AvgIpc) is 2.33. The fourth-order valence-electron chi connectivity index (χ4n) is 2.43. The Labute approximate surface area is 106 Å². The van der Waals surface area contributed by atoms with Crippen molar-refractivity contribution in [3.05, 3.63) is 22.8 Å². The standard InChI is InChI=1S/C14H21O2P/c1-5-14(4)7-6-11-10(3)12(16-17)8-9(2)13(11)15-14/h8H,5-7,17H2,1-4H3/t14-/m1/s1. The second kappa shape index (κ2) is 4.49. The maximum Gasteiger partial charge on any atom is 0.126 e. The molecule has 17 heavy (non-hydrogen) atoms. The Hall–Kier alpha value is -0.750. The van der Waals surface area contributed by atoms with Crippen molar-refractivity contribution in [2.45, 2.75) is 52.6 Å². The summed E-state index contributed by atoms with van der Waals surface area (Å²) in [5.74, 6) is 2.01. The van der Waals surface area contributed by atoms with Gasteiger partial charge in [-0.05, 0) is 57.2 Å². The molecule has 2 atom stereocenters. The number of aryl methyl sites for hydroxylation is 1. The Morgan fingerprint density at radius 3 is 2.76 bits per heavy atom. The fourth-order valence-corrected chi connectivity index (χ4v) is 2.67. The van der Waals surface area contributed by atoms with Crippen LogP contribution in [0.4, 0.5) is 0 Å². The zero-order valence-electron chi connectivity index (χ0n) is 11.1. The largest absolute Gasteiger partial charge is 0.487 e. The lowest BCUT2D eigenvalue weighted by Gasteiger charge is -2.37. The molecule has 1 aromatic carbocycles. The Bertz CT molecular complexity index is 442. The zero-order chi connectivity index (χ0) is 12.6. The van der Waals surface area contributed by atoms with E-state index >= 15 is 0 Å². The van der Waals surface area contributed by atoms with E-state index in [0.717, 1.165) is 30.8 Å². The first kappa shape index (κ1) is 12.7. The van der Waals surface area contributed by atoms with Crippen LogP contribution < -0.4 is 9.26 Å². The lowest BCUT2D eigenvalue weighted by atomic mass is 9.87. The van der Waals surface area contributed by atoms with Crippen molar-refractivity contribution in [1.82, 2.24) is 0 Å². The van der Waals surface area contributed by atoms with Crippen LogP contribution in [0.15, 0.2) is 6.07 Å². The predicted molar refractivity (Wildman–Crippen MR) is 73.9 cm³/mol. The van der Waals surface area contributed by atoms with Gasteiger partial charge in [0.1, 0.15) is 17.1 Å². The fraction of sp³-hybridized carbons (Fsp3) is 0.571. The molecule has 0 spiro atoms. The normalized spacial score (nSPS) is 22.9. The second-order valence-electron chi connectivity index (χ2n) is 5.15. The van der Waals surface area contributed by atoms with Gasteiger partial charge in [0.25, 0.3) is 0 Å². The molecular weight excluding hydrogens is 231 g/mol. The van der Waals surface area contributed by atoms with Gasteiger partial charge in [0.05, 0.1) is 9.47 Å². The molecule has 1 aliphatic heterocycles. The summed E-state index contributed by atoms with van der Waals surface area (Å²) in [4.78, 5) is 0. The highest BCUT2D eigenvalue weighted by atomic mass is 31.0. The van der Waals surface area contributed by atoms with Crippen molar-refractivity contribution in [3.8, 4) is 11.5 Å². The van der Waals surface area contributed by atoms with Crippen LogP contribution in [0.5, 0.6) is 11.5 Å². The number of hydrogen-bond acceptors (Lipinski definition) is 2. The Balaban J connectivity index is 2.50. The van der Waals surface area contributed by atoms with Crippen LogP contribution in [0.25, 0.3) is 0 Å². The van der Waals surface area contributed by atoms with Gasteiger partial charge in [-0.2, -0.15) is 0 Å². The third-order valence-electron chi connectivity index (χ3n) is 3.93. The van der Waals surface area contributed by atoms with Gasteiger partial charge >= 0.3 is 0 Å². The summed E-state index contributed by atoms with van der Waals surface area (Å²) in [6, 6.07) is 2.06. The molecule has 1 aliphatic rings. The summed E-state index contributed by atoms with van der Waals surface area (Å²) in [5, 5.41) is 0. The smallest absolute Gasteiger partial charge is 0.126 e. The molecule has 2 nitrogen and oxygen atoms in total. The Morgan fingerprint density at radius 2 is 2.18 bits per heavy atom. The van der Waals surface area contributed by atoms with E-state index in [1.165, 1.54) is 16.7 Å². The Morgan fingerprint density at radius 1 is 1.47 bits per heavy atom. The Kier molecular flexibility index (Phi) is 3.36. The van der Waals surface area contributed by atoms with Crippen LogP contribution >= 0.6 is 9.47 Å². The summed E-state index contributed by atoms with van der Waals surface area (Å²) in [6.45, 7) is 8.58. The van der Waals surface area contributed by atoms with E-state index in [1.54, 1.807) is 0 Å². The zero-order valence-corrected chi connectivity index (χ0v) is 12.2. The van der Waals surface area contributed by atoms with Crippen molar-refractivity contribution < 1.29 is 9.26 Å². The van der Waals surface area contributed by atoms with Crippen molar-refractivity contribution in [1.29, 1.82) is 0 Å². The molecule has 1 aromatic rings. The minimum atomic E-state index is -0.00641. The molecule has 1 unspecified atom stereocenters. The third-order valence-corrected chi connectivity index (χ3v) is 4.18. The molecule has 3 heteroatoms. The molecular formula is C14H21O2P. The van der Waals surface area contributed by atoms with Crippen LogP contribution in [0, 0.1) is 13.8 Å². The molecule has 0 saturated carbocycles. The van der Waals surface area contributed by atoms with E-state index in [4.69, 9.17) is 9.26 Å². The van der Waals surface area contributed by atoms with E-state index in [0.29, 0.717) is 0 Å². The van der Waals surface area contributed by atoms with Crippen LogP contribution in [0.1, 0.15) is 43.4 Å². The van der Waals surface area contributed by atoms with Crippen molar-refractivity contribution >= 4 is 9.47 Å². The second-order valence-corrected chi connectivity index (χ2v) is 5.38. The molecule has 0 aliphatic carbocycles. The van der Waals surface area contributed by atoms with Gasteiger partial charge in [-0.1, -0.05) is 6.92 Å². The van der Waals surface area contributed by atoms with Crippen LogP contribution in [0.2, 0.25) is 0 Å². The number of ether oxygens (including phenoxy) is 1. The summed E-state index contributed by atoms with van der Waals surface area (Å²) in [5.41, 5.74) is 3.68. The van der Waals surface area contributed by atoms with Gasteiger partial charge in [-0.25, -0.2) is 0 Å². The molecule has 0 amide bonds. The first-order valence-electron chi connectivity index (χ1n) is 6.19. The number of fused-ring (bicyclic) bond motifs is 1. The average molecular weight is 252 g/mol. The molecule has 0 N–H and O–H groups in total. The highest BCUT2D eigenvalue weighted by Crippen LogP contribution is 2.42. The van der Waals surface area contributed by atoms with Gasteiger partial charge in [0.15, 0.2) is 0 Å². The quantitative estimate of drug-likeness (QED) is 0.741. The summed E-state index contributed by atoms with van der Waals surface area (Å²) < 4.78 is 11.5. The van der Waals surface area contributed by atoms with E-state index in [-0.39, 0.29) is 5.60 Å². The van der Waals surface area contributed by atoms with Gasteiger partial charge in [-0.3, -0.25) is 0 Å². The molecule has 0 aromatic heterocycles. The predicted octanol–water partition coefficient (Wildman–Crippen LogP) is 3.97. The van der Waals surface area contributed by atoms with Crippen LogP contribution in [-0.2, 0) is 6.42 Å². The van der Waals surface area contributed by atoms with E-state index in [1.807, 2.05) is 0 Å². The first-order valence-corrected chi connectivity index (χ1v) is 6.66. The molecule has 2 rings (SSSR count). The minimum absolute atomic E-state index is 0.00641. The number of benzene rings is 1. The maximum absolute atomic E-state index is 6.22. The molecule has 0 radical (unpaired) electrons. The number of rotatable bonds is 2. The van der Waals surface area contributed by atoms with Crippen molar-refractivity contribution in [2.75, 3.05) is 0 Å². The third kappa shape index (κ3) is 2.15. The van der Waals surface area contributed by atoms with Crippen molar-refractivity contribution in [2.24, 2.45) is 0 Å².